The van der Waals surface area contributed by atoms with Crippen molar-refractivity contribution < 1.29 is 32.2 Å². The molecule has 1 heterocycles. The van der Waals surface area contributed by atoms with Gasteiger partial charge in [-0.1, -0.05) is 5.21 Å². The number of ether oxygens (including phenoxy) is 3. The van der Waals surface area contributed by atoms with E-state index in [2.05, 4.69) is 19.8 Å². The van der Waals surface area contributed by atoms with E-state index in [0.29, 0.717) is 5.69 Å². The highest BCUT2D eigenvalue weighted by atomic mass is 19.4. The van der Waals surface area contributed by atoms with Crippen LogP contribution in [0.2, 0.25) is 0 Å². The van der Waals surface area contributed by atoms with E-state index in [1.165, 1.54) is 18.9 Å². The van der Waals surface area contributed by atoms with E-state index in [1.807, 2.05) is 0 Å². The van der Waals surface area contributed by atoms with Crippen LogP contribution in [0.15, 0.2) is 0 Å². The zero-order valence-corrected chi connectivity index (χ0v) is 11.6. The number of methoxy groups -OCH3 is 2. The van der Waals surface area contributed by atoms with E-state index < -0.39 is 18.8 Å². The molecule has 7 nitrogen and oxygen atoms in total. The summed E-state index contributed by atoms with van der Waals surface area (Å²) < 4.78 is 51.0. The number of carbonyl (C=O) groups is 1. The molecule has 0 amide bonds. The molecule has 0 N–H and O–H groups in total. The van der Waals surface area contributed by atoms with Crippen LogP contribution < -0.4 is 0 Å². The maximum absolute atomic E-state index is 11.9. The fourth-order valence-corrected chi connectivity index (χ4v) is 1.55. The van der Waals surface area contributed by atoms with Crippen molar-refractivity contribution in [2.45, 2.75) is 25.7 Å². The number of carbonyl (C=O) groups excluding carboxylic acids is 1. The van der Waals surface area contributed by atoms with Crippen molar-refractivity contribution in [3.63, 3.8) is 0 Å². The minimum Gasteiger partial charge on any atom is -0.464 e. The lowest BCUT2D eigenvalue weighted by Gasteiger charge is -2.09. The first-order valence-electron chi connectivity index (χ1n) is 6.03. The summed E-state index contributed by atoms with van der Waals surface area (Å²) in [5.74, 6) is -0.651. The molecule has 0 spiro atoms. The Balaban J connectivity index is 2.55. The van der Waals surface area contributed by atoms with Gasteiger partial charge in [0.25, 0.3) is 0 Å². The summed E-state index contributed by atoms with van der Waals surface area (Å²) in [5, 5.41) is 7.44. The van der Waals surface area contributed by atoms with E-state index in [0.717, 1.165) is 0 Å². The van der Waals surface area contributed by atoms with Gasteiger partial charge in [0.1, 0.15) is 6.61 Å². The molecule has 0 aliphatic rings. The second kappa shape index (κ2) is 7.93. The molecule has 0 unspecified atom stereocenters. The Labute approximate surface area is 119 Å². The molecule has 0 atom stereocenters. The molecule has 1 rings (SSSR count). The number of rotatable bonds is 8. The molecule has 0 radical (unpaired) electrons. The average molecular weight is 311 g/mol. The number of alkyl halides is 3. The van der Waals surface area contributed by atoms with Crippen LogP contribution in [0.4, 0.5) is 13.2 Å². The normalized spacial score (nSPS) is 11.7. The van der Waals surface area contributed by atoms with E-state index >= 15 is 0 Å². The van der Waals surface area contributed by atoms with Crippen molar-refractivity contribution in [2.24, 2.45) is 0 Å². The molecule has 120 valence electrons. The summed E-state index contributed by atoms with van der Waals surface area (Å²) in [6.07, 6.45) is -4.05. The molecule has 0 aliphatic heterocycles. The first kappa shape index (κ1) is 17.4. The lowest BCUT2D eigenvalue weighted by Crippen LogP contribution is -2.18. The molecule has 1 aromatic rings. The van der Waals surface area contributed by atoms with Crippen LogP contribution in [0, 0.1) is 0 Å². The highest BCUT2D eigenvalue weighted by Crippen LogP contribution is 2.14. The van der Waals surface area contributed by atoms with E-state index in [9.17, 15) is 18.0 Å². The summed E-state index contributed by atoms with van der Waals surface area (Å²) in [6.45, 7) is -1.04. The van der Waals surface area contributed by atoms with Crippen molar-refractivity contribution in [3.8, 4) is 0 Å². The third kappa shape index (κ3) is 5.68. The van der Waals surface area contributed by atoms with E-state index in [4.69, 9.17) is 4.74 Å². The SMILES string of the molecule is COCc1c(C(=O)OC)nnn1CCCOCC(F)(F)F. The Morgan fingerprint density at radius 2 is 2.05 bits per heavy atom. The van der Waals surface area contributed by atoms with Crippen LogP contribution in [-0.4, -0.2) is 54.6 Å². The second-order valence-electron chi connectivity index (χ2n) is 4.05. The van der Waals surface area contributed by atoms with Crippen LogP contribution >= 0.6 is 0 Å². The molecule has 0 aliphatic carbocycles. The molecular formula is C11H16F3N3O4. The van der Waals surface area contributed by atoms with Crippen LogP contribution in [0.3, 0.4) is 0 Å². The maximum atomic E-state index is 11.9. The quantitative estimate of drug-likeness (QED) is 0.530. The molecule has 21 heavy (non-hydrogen) atoms. The Morgan fingerprint density at radius 3 is 2.62 bits per heavy atom. The summed E-state index contributed by atoms with van der Waals surface area (Å²) in [6, 6.07) is 0. The molecule has 0 bridgehead atoms. The van der Waals surface area contributed by atoms with E-state index in [-0.39, 0.29) is 31.9 Å². The van der Waals surface area contributed by atoms with Gasteiger partial charge < -0.3 is 14.2 Å². The summed E-state index contributed by atoms with van der Waals surface area (Å²) in [5.41, 5.74) is 0.427. The lowest BCUT2D eigenvalue weighted by molar-refractivity contribution is -0.174. The van der Waals surface area contributed by atoms with Gasteiger partial charge in [-0.2, -0.15) is 13.2 Å². The number of hydrogen-bond donors (Lipinski definition) is 0. The Kier molecular flexibility index (Phi) is 6.56. The van der Waals surface area contributed by atoms with Crippen LogP contribution in [0.5, 0.6) is 0 Å². The molecule has 0 aromatic carbocycles. The number of halogens is 3. The van der Waals surface area contributed by atoms with Crippen LogP contribution in [0.1, 0.15) is 22.6 Å². The first-order valence-corrected chi connectivity index (χ1v) is 6.03. The average Bonchev–Trinajstić information content (AvgIpc) is 2.80. The zero-order valence-electron chi connectivity index (χ0n) is 11.6. The fraction of sp³-hybridized carbons (Fsp3) is 0.727. The van der Waals surface area contributed by atoms with Gasteiger partial charge >= 0.3 is 12.1 Å². The molecule has 0 fully saturated rings. The fourth-order valence-electron chi connectivity index (χ4n) is 1.55. The van der Waals surface area contributed by atoms with Gasteiger partial charge in [-0.25, -0.2) is 9.48 Å². The molecular weight excluding hydrogens is 295 g/mol. The monoisotopic (exact) mass is 311 g/mol. The number of nitrogens with zero attached hydrogens (tertiary/aromatic N) is 3. The van der Waals surface area contributed by atoms with Crippen LogP contribution in [0.25, 0.3) is 0 Å². The predicted octanol–water partition coefficient (Wildman–Crippen LogP) is 1.18. The number of hydrogen-bond acceptors (Lipinski definition) is 6. The molecule has 10 heteroatoms. The highest BCUT2D eigenvalue weighted by molar-refractivity contribution is 5.88. The number of aryl methyl sites for hydroxylation is 1. The second-order valence-corrected chi connectivity index (χ2v) is 4.05. The van der Waals surface area contributed by atoms with Crippen molar-refractivity contribution in [1.82, 2.24) is 15.0 Å². The molecule has 0 saturated carbocycles. The Morgan fingerprint density at radius 1 is 1.33 bits per heavy atom. The third-order valence-corrected chi connectivity index (χ3v) is 2.42. The van der Waals surface area contributed by atoms with Crippen molar-refractivity contribution in [1.29, 1.82) is 0 Å². The summed E-state index contributed by atoms with van der Waals surface area (Å²) in [4.78, 5) is 11.5. The predicted molar refractivity (Wildman–Crippen MR) is 63.6 cm³/mol. The minimum atomic E-state index is -4.34. The minimum absolute atomic E-state index is 0.0237. The van der Waals surface area contributed by atoms with Gasteiger partial charge in [0.15, 0.2) is 5.69 Å². The van der Waals surface area contributed by atoms with Crippen molar-refractivity contribution in [2.75, 3.05) is 27.4 Å². The van der Waals surface area contributed by atoms with Gasteiger partial charge in [-0.05, 0) is 6.42 Å². The Hall–Kier alpha value is -1.68. The zero-order chi connectivity index (χ0) is 15.9. The standard InChI is InChI=1S/C11H16F3N3O4/c1-19-6-8-9(10(18)20-2)15-16-17(8)4-3-5-21-7-11(12,13)14/h3-7H2,1-2H3. The van der Waals surface area contributed by atoms with Crippen molar-refractivity contribution >= 4 is 5.97 Å². The Bertz CT molecular complexity index is 462. The smallest absolute Gasteiger partial charge is 0.411 e. The van der Waals surface area contributed by atoms with Gasteiger partial charge in [0, 0.05) is 20.3 Å². The number of aromatic nitrogens is 3. The van der Waals surface area contributed by atoms with Gasteiger partial charge in [-0.15, -0.1) is 5.10 Å². The summed E-state index contributed by atoms with van der Waals surface area (Å²) >= 11 is 0. The molecule has 1 aromatic heterocycles. The summed E-state index contributed by atoms with van der Waals surface area (Å²) in [7, 11) is 2.65. The highest BCUT2D eigenvalue weighted by Gasteiger charge is 2.27. The van der Waals surface area contributed by atoms with Crippen LogP contribution in [-0.2, 0) is 27.4 Å². The lowest BCUT2D eigenvalue weighted by atomic mass is 10.3. The maximum Gasteiger partial charge on any atom is 0.411 e. The van der Waals surface area contributed by atoms with Crippen molar-refractivity contribution in [3.05, 3.63) is 11.4 Å². The first-order chi connectivity index (χ1) is 9.89. The van der Waals surface area contributed by atoms with Gasteiger partial charge in [0.05, 0.1) is 19.4 Å². The third-order valence-electron chi connectivity index (χ3n) is 2.42. The van der Waals surface area contributed by atoms with E-state index in [1.54, 1.807) is 0 Å². The topological polar surface area (TPSA) is 75.5 Å². The molecule has 0 saturated heterocycles. The van der Waals surface area contributed by atoms with Gasteiger partial charge in [0.2, 0.25) is 0 Å². The van der Waals surface area contributed by atoms with Gasteiger partial charge in [-0.3, -0.25) is 0 Å². The number of esters is 1. The largest absolute Gasteiger partial charge is 0.464 e.